The van der Waals surface area contributed by atoms with Crippen LogP contribution in [0.15, 0.2) is 77.7 Å². The van der Waals surface area contributed by atoms with Crippen molar-refractivity contribution in [3.05, 3.63) is 78.4 Å². The second-order valence-electron chi connectivity index (χ2n) is 5.08. The molecular weight excluding hydrogens is 340 g/mol. The first kappa shape index (κ1) is 14.7. The Morgan fingerprint density at radius 1 is 0.810 bits per heavy atom. The van der Waals surface area contributed by atoms with E-state index in [0.717, 1.165) is 11.1 Å². The largest absolute Gasteiger partial charge is 0.125 e. The molecule has 1 unspecified atom stereocenters. The van der Waals surface area contributed by atoms with Crippen LogP contribution in [0.3, 0.4) is 0 Å². The number of benzene rings is 3. The van der Waals surface area contributed by atoms with Gasteiger partial charge in [-0.15, -0.1) is 11.8 Å². The molecule has 1 atom stereocenters. The van der Waals surface area contributed by atoms with E-state index in [2.05, 4.69) is 88.7 Å². The van der Waals surface area contributed by atoms with Crippen LogP contribution in [0.4, 0.5) is 0 Å². The van der Waals surface area contributed by atoms with Crippen LogP contribution in [-0.4, -0.2) is 11.1 Å². The fourth-order valence-electron chi connectivity index (χ4n) is 2.41. The molecule has 0 aliphatic heterocycles. The molecule has 106 valence electrons. The van der Waals surface area contributed by atoms with Crippen molar-refractivity contribution in [1.82, 2.24) is 0 Å². The van der Waals surface area contributed by atoms with Crippen LogP contribution in [0.1, 0.15) is 11.5 Å². The maximum absolute atomic E-state index is 3.65. The van der Waals surface area contributed by atoms with Crippen molar-refractivity contribution < 1.29 is 0 Å². The van der Waals surface area contributed by atoms with Crippen LogP contribution in [-0.2, 0) is 0 Å². The third kappa shape index (κ3) is 3.69. The molecule has 0 aliphatic rings. The zero-order valence-electron chi connectivity index (χ0n) is 11.7. The van der Waals surface area contributed by atoms with Crippen molar-refractivity contribution in [2.24, 2.45) is 0 Å². The van der Waals surface area contributed by atoms with Gasteiger partial charge in [-0.2, -0.15) is 0 Å². The van der Waals surface area contributed by atoms with Gasteiger partial charge < -0.3 is 0 Å². The summed E-state index contributed by atoms with van der Waals surface area (Å²) in [5, 5.41) is 3.62. The molecule has 0 radical (unpaired) electrons. The molecule has 0 aliphatic carbocycles. The second-order valence-corrected chi connectivity index (χ2v) is 6.82. The smallest absolute Gasteiger partial charge is 0.0108 e. The van der Waals surface area contributed by atoms with Crippen molar-refractivity contribution in [2.75, 3.05) is 11.1 Å². The molecule has 3 aromatic rings. The normalized spacial score (nSPS) is 12.4. The van der Waals surface area contributed by atoms with E-state index in [9.17, 15) is 0 Å². The minimum Gasteiger partial charge on any atom is -0.125 e. The van der Waals surface area contributed by atoms with Crippen molar-refractivity contribution in [2.45, 2.75) is 10.8 Å². The monoisotopic (exact) mass is 356 g/mol. The standard InChI is InChI=1S/C19H17BrS/c20-13-18(15-6-2-1-3-7-15)14-21-19-11-10-16-8-4-5-9-17(16)12-19/h1-12,18H,13-14H2. The van der Waals surface area contributed by atoms with Crippen LogP contribution in [0.2, 0.25) is 0 Å². The molecule has 21 heavy (non-hydrogen) atoms. The highest BCUT2D eigenvalue weighted by atomic mass is 79.9. The van der Waals surface area contributed by atoms with Crippen LogP contribution in [0.25, 0.3) is 10.8 Å². The van der Waals surface area contributed by atoms with Gasteiger partial charge in [-0.25, -0.2) is 0 Å². The van der Waals surface area contributed by atoms with Crippen molar-refractivity contribution in [1.29, 1.82) is 0 Å². The predicted octanol–water partition coefficient (Wildman–Crippen LogP) is 6.11. The number of hydrogen-bond acceptors (Lipinski definition) is 1. The molecule has 0 spiro atoms. The summed E-state index contributed by atoms with van der Waals surface area (Å²) < 4.78 is 0. The van der Waals surface area contributed by atoms with Gasteiger partial charge in [-0.05, 0) is 28.5 Å². The van der Waals surface area contributed by atoms with Crippen LogP contribution in [0, 0.1) is 0 Å². The molecule has 3 rings (SSSR count). The zero-order chi connectivity index (χ0) is 14.5. The van der Waals surface area contributed by atoms with E-state index in [1.807, 2.05) is 11.8 Å². The summed E-state index contributed by atoms with van der Waals surface area (Å²) in [6.45, 7) is 0. The lowest BCUT2D eigenvalue weighted by atomic mass is 10.0. The Bertz CT molecular complexity index is 709. The van der Waals surface area contributed by atoms with Gasteiger partial charge >= 0.3 is 0 Å². The summed E-state index contributed by atoms with van der Waals surface area (Å²) >= 11 is 5.59. The minimum absolute atomic E-state index is 0.544. The molecule has 0 nitrogen and oxygen atoms in total. The van der Waals surface area contributed by atoms with Crippen molar-refractivity contribution >= 4 is 38.5 Å². The Labute approximate surface area is 138 Å². The Kier molecular flexibility index (Phi) is 5.00. The van der Waals surface area contributed by atoms with Gasteiger partial charge in [0.2, 0.25) is 0 Å². The first-order valence-electron chi connectivity index (χ1n) is 7.09. The fourth-order valence-corrected chi connectivity index (χ4v) is 4.39. The number of alkyl halides is 1. The molecule has 0 fully saturated rings. The maximum atomic E-state index is 3.65. The van der Waals surface area contributed by atoms with Gasteiger partial charge in [0.1, 0.15) is 0 Å². The lowest BCUT2D eigenvalue weighted by Crippen LogP contribution is -2.03. The number of fused-ring (bicyclic) bond motifs is 1. The number of thioether (sulfide) groups is 1. The fraction of sp³-hybridized carbons (Fsp3) is 0.158. The summed E-state index contributed by atoms with van der Waals surface area (Å²) in [4.78, 5) is 1.34. The Balaban J connectivity index is 1.73. The van der Waals surface area contributed by atoms with Gasteiger partial charge in [-0.3, -0.25) is 0 Å². The molecule has 2 heteroatoms. The second kappa shape index (κ2) is 7.15. The SMILES string of the molecule is BrCC(CSc1ccc2ccccc2c1)c1ccccc1. The molecule has 0 saturated heterocycles. The number of hydrogen-bond donors (Lipinski definition) is 0. The Hall–Kier alpha value is -1.25. The summed E-state index contributed by atoms with van der Waals surface area (Å²) in [6.07, 6.45) is 0. The van der Waals surface area contributed by atoms with E-state index >= 15 is 0 Å². The minimum atomic E-state index is 0.544. The first-order valence-corrected chi connectivity index (χ1v) is 9.20. The highest BCUT2D eigenvalue weighted by Gasteiger charge is 2.10. The zero-order valence-corrected chi connectivity index (χ0v) is 14.1. The first-order chi connectivity index (χ1) is 10.4. The third-order valence-corrected chi connectivity index (χ3v) is 5.57. The summed E-state index contributed by atoms with van der Waals surface area (Å²) in [5.41, 5.74) is 1.41. The van der Waals surface area contributed by atoms with Crippen LogP contribution < -0.4 is 0 Å². The van der Waals surface area contributed by atoms with E-state index in [0.29, 0.717) is 5.92 Å². The molecule has 3 aromatic carbocycles. The topological polar surface area (TPSA) is 0 Å². The molecule has 0 bridgehead atoms. The van der Waals surface area contributed by atoms with Gasteiger partial charge in [0.25, 0.3) is 0 Å². The summed E-state index contributed by atoms with van der Waals surface area (Å²) in [7, 11) is 0. The lowest BCUT2D eigenvalue weighted by Gasteiger charge is -2.14. The van der Waals surface area contributed by atoms with E-state index in [1.165, 1.54) is 21.2 Å². The summed E-state index contributed by atoms with van der Waals surface area (Å²) in [5.74, 6) is 1.64. The highest BCUT2D eigenvalue weighted by Crippen LogP contribution is 2.29. The number of halogens is 1. The van der Waals surface area contributed by atoms with E-state index in [4.69, 9.17) is 0 Å². The highest BCUT2D eigenvalue weighted by molar-refractivity contribution is 9.09. The van der Waals surface area contributed by atoms with Gasteiger partial charge in [-0.1, -0.05) is 76.6 Å². The molecule has 0 saturated carbocycles. The quantitative estimate of drug-likeness (QED) is 0.392. The summed E-state index contributed by atoms with van der Waals surface area (Å²) in [6, 6.07) is 26.0. The molecule has 0 heterocycles. The van der Waals surface area contributed by atoms with Crippen molar-refractivity contribution in [3.8, 4) is 0 Å². The average molecular weight is 357 g/mol. The van der Waals surface area contributed by atoms with Gasteiger partial charge in [0, 0.05) is 21.9 Å². The Morgan fingerprint density at radius 3 is 2.29 bits per heavy atom. The van der Waals surface area contributed by atoms with Crippen molar-refractivity contribution in [3.63, 3.8) is 0 Å². The predicted molar refractivity (Wildman–Crippen MR) is 97.6 cm³/mol. The lowest BCUT2D eigenvalue weighted by molar-refractivity contribution is 0.902. The Morgan fingerprint density at radius 2 is 1.52 bits per heavy atom. The molecule has 0 N–H and O–H groups in total. The van der Waals surface area contributed by atoms with E-state index in [-0.39, 0.29) is 0 Å². The molecular formula is C19H17BrS. The maximum Gasteiger partial charge on any atom is 0.0108 e. The van der Waals surface area contributed by atoms with Crippen LogP contribution >= 0.6 is 27.7 Å². The van der Waals surface area contributed by atoms with Crippen LogP contribution in [0.5, 0.6) is 0 Å². The van der Waals surface area contributed by atoms with E-state index < -0.39 is 0 Å². The van der Waals surface area contributed by atoms with Gasteiger partial charge in [0.05, 0.1) is 0 Å². The average Bonchev–Trinajstić information content (AvgIpc) is 2.56. The van der Waals surface area contributed by atoms with E-state index in [1.54, 1.807) is 0 Å². The third-order valence-electron chi connectivity index (χ3n) is 3.63. The number of rotatable bonds is 5. The van der Waals surface area contributed by atoms with Gasteiger partial charge in [0.15, 0.2) is 0 Å². The molecule has 0 aromatic heterocycles. The molecule has 0 amide bonds.